The molecule has 0 bridgehead atoms. The standard InChI is InChI=1S/C20H27N3OS/c1-17-6-7-19(25-17)14-23-11-12-24-20(16-23)8-4-10-22(15-20)13-18-5-2-3-9-21-18/h2-3,5-7,9H,4,8,10-16H2,1H3/t20-/m0/s1. The van der Waals surface area contributed by atoms with Crippen molar-refractivity contribution in [3.63, 3.8) is 0 Å². The molecule has 0 unspecified atom stereocenters. The van der Waals surface area contributed by atoms with Crippen LogP contribution in [0.4, 0.5) is 0 Å². The number of piperidine rings is 1. The molecule has 2 aliphatic rings. The molecule has 134 valence electrons. The van der Waals surface area contributed by atoms with Crippen LogP contribution in [0.15, 0.2) is 36.5 Å². The molecule has 0 radical (unpaired) electrons. The van der Waals surface area contributed by atoms with Crippen LogP contribution in [0, 0.1) is 6.92 Å². The first-order valence-corrected chi connectivity index (χ1v) is 10.1. The van der Waals surface area contributed by atoms with E-state index in [9.17, 15) is 0 Å². The Labute approximate surface area is 154 Å². The van der Waals surface area contributed by atoms with E-state index in [1.807, 2.05) is 23.6 Å². The van der Waals surface area contributed by atoms with Gasteiger partial charge in [-0.3, -0.25) is 14.8 Å². The summed E-state index contributed by atoms with van der Waals surface area (Å²) < 4.78 is 6.35. The largest absolute Gasteiger partial charge is 0.371 e. The summed E-state index contributed by atoms with van der Waals surface area (Å²) in [6, 6.07) is 10.7. The summed E-state index contributed by atoms with van der Waals surface area (Å²) >= 11 is 1.92. The maximum Gasteiger partial charge on any atom is 0.0936 e. The van der Waals surface area contributed by atoms with Crippen molar-refractivity contribution in [1.82, 2.24) is 14.8 Å². The van der Waals surface area contributed by atoms with Gasteiger partial charge in [-0.25, -0.2) is 0 Å². The average Bonchev–Trinajstić information content (AvgIpc) is 3.01. The molecule has 4 heterocycles. The molecule has 1 atom stereocenters. The highest BCUT2D eigenvalue weighted by atomic mass is 32.1. The molecule has 2 fully saturated rings. The van der Waals surface area contributed by atoms with Gasteiger partial charge in [-0.05, 0) is 50.6 Å². The van der Waals surface area contributed by atoms with Gasteiger partial charge in [-0.1, -0.05) is 6.07 Å². The average molecular weight is 358 g/mol. The van der Waals surface area contributed by atoms with Gasteiger partial charge in [-0.2, -0.15) is 0 Å². The van der Waals surface area contributed by atoms with Crippen molar-refractivity contribution in [3.8, 4) is 0 Å². The molecule has 1 spiro atoms. The Bertz CT molecular complexity index is 685. The first-order valence-electron chi connectivity index (χ1n) is 9.25. The lowest BCUT2D eigenvalue weighted by molar-refractivity contribution is -0.142. The Morgan fingerprint density at radius 3 is 2.76 bits per heavy atom. The van der Waals surface area contributed by atoms with Crippen molar-refractivity contribution in [1.29, 1.82) is 0 Å². The Kier molecular flexibility index (Phi) is 5.17. The molecule has 2 aromatic rings. The number of nitrogens with zero attached hydrogens (tertiary/aromatic N) is 3. The minimum atomic E-state index is -0.00240. The summed E-state index contributed by atoms with van der Waals surface area (Å²) in [7, 11) is 0. The molecule has 2 saturated heterocycles. The van der Waals surface area contributed by atoms with Crippen molar-refractivity contribution in [3.05, 3.63) is 52.0 Å². The third-order valence-corrected chi connectivity index (χ3v) is 6.22. The summed E-state index contributed by atoms with van der Waals surface area (Å²) in [5, 5.41) is 0. The van der Waals surface area contributed by atoms with E-state index < -0.39 is 0 Å². The molecule has 2 aliphatic heterocycles. The molecule has 5 heteroatoms. The smallest absolute Gasteiger partial charge is 0.0936 e. The predicted octanol–water partition coefficient (Wildman–Crippen LogP) is 3.32. The van der Waals surface area contributed by atoms with Crippen molar-refractivity contribution in [2.24, 2.45) is 0 Å². The zero-order chi connectivity index (χ0) is 17.1. The normalized spacial score (nSPS) is 25.5. The van der Waals surface area contributed by atoms with Crippen LogP contribution in [0.1, 0.15) is 28.3 Å². The predicted molar refractivity (Wildman–Crippen MR) is 102 cm³/mol. The number of morpholine rings is 1. The van der Waals surface area contributed by atoms with Crippen LogP contribution in [-0.4, -0.2) is 53.2 Å². The van der Waals surface area contributed by atoms with E-state index in [0.29, 0.717) is 0 Å². The third kappa shape index (κ3) is 4.29. The number of aromatic nitrogens is 1. The summed E-state index contributed by atoms with van der Waals surface area (Å²) in [5.41, 5.74) is 1.15. The lowest BCUT2D eigenvalue weighted by Crippen LogP contribution is -2.59. The first-order chi connectivity index (χ1) is 12.2. The van der Waals surface area contributed by atoms with Gasteiger partial charge in [0.1, 0.15) is 0 Å². The monoisotopic (exact) mass is 357 g/mol. The van der Waals surface area contributed by atoms with Gasteiger partial charge in [0.15, 0.2) is 0 Å². The molecule has 4 rings (SSSR count). The first kappa shape index (κ1) is 17.2. The van der Waals surface area contributed by atoms with Crippen molar-refractivity contribution in [2.75, 3.05) is 32.8 Å². The zero-order valence-corrected chi connectivity index (χ0v) is 15.8. The Morgan fingerprint density at radius 1 is 1.12 bits per heavy atom. The van der Waals surface area contributed by atoms with E-state index >= 15 is 0 Å². The number of thiophene rings is 1. The number of likely N-dealkylation sites (tertiary alicyclic amines) is 1. The highest BCUT2D eigenvalue weighted by Gasteiger charge is 2.40. The molecule has 0 aliphatic carbocycles. The Balaban J connectivity index is 1.39. The number of pyridine rings is 1. The SMILES string of the molecule is Cc1ccc(CN2CCO[C@]3(CCCN(Cc4ccccn4)C3)C2)s1. The van der Waals surface area contributed by atoms with Gasteiger partial charge in [0, 0.05) is 48.7 Å². The minimum Gasteiger partial charge on any atom is -0.371 e. The second kappa shape index (κ2) is 7.54. The highest BCUT2D eigenvalue weighted by Crippen LogP contribution is 2.30. The Morgan fingerprint density at radius 2 is 2.00 bits per heavy atom. The second-order valence-electron chi connectivity index (χ2n) is 7.39. The molecular weight excluding hydrogens is 330 g/mol. The molecule has 4 nitrogen and oxygen atoms in total. The molecular formula is C20H27N3OS. The molecule has 25 heavy (non-hydrogen) atoms. The summed E-state index contributed by atoms with van der Waals surface area (Å²) in [5.74, 6) is 0. The van der Waals surface area contributed by atoms with E-state index in [1.54, 1.807) is 0 Å². The van der Waals surface area contributed by atoms with Crippen LogP contribution in [-0.2, 0) is 17.8 Å². The van der Waals surface area contributed by atoms with Crippen molar-refractivity contribution >= 4 is 11.3 Å². The minimum absolute atomic E-state index is 0.00240. The summed E-state index contributed by atoms with van der Waals surface area (Å²) in [6.45, 7) is 9.27. The molecule has 0 saturated carbocycles. The Hall–Kier alpha value is -1.27. The number of hydrogen-bond donors (Lipinski definition) is 0. The summed E-state index contributed by atoms with van der Waals surface area (Å²) in [6.07, 6.45) is 4.27. The fraction of sp³-hybridized carbons (Fsp3) is 0.550. The van der Waals surface area contributed by atoms with Gasteiger partial charge >= 0.3 is 0 Å². The highest BCUT2D eigenvalue weighted by molar-refractivity contribution is 7.11. The fourth-order valence-corrected chi connectivity index (χ4v) is 5.07. The molecule has 2 aromatic heterocycles. The second-order valence-corrected chi connectivity index (χ2v) is 8.76. The van der Waals surface area contributed by atoms with Crippen LogP contribution in [0.2, 0.25) is 0 Å². The van der Waals surface area contributed by atoms with Gasteiger partial charge in [0.05, 0.1) is 17.9 Å². The van der Waals surface area contributed by atoms with E-state index in [0.717, 1.165) is 51.6 Å². The fourth-order valence-electron chi connectivity index (χ4n) is 4.14. The quantitative estimate of drug-likeness (QED) is 0.839. The van der Waals surface area contributed by atoms with Gasteiger partial charge in [-0.15, -0.1) is 11.3 Å². The van der Waals surface area contributed by atoms with E-state index in [1.165, 1.54) is 22.6 Å². The van der Waals surface area contributed by atoms with E-state index in [4.69, 9.17) is 4.74 Å². The maximum absolute atomic E-state index is 6.35. The lowest BCUT2D eigenvalue weighted by Gasteiger charge is -2.48. The molecule has 0 amide bonds. The maximum atomic E-state index is 6.35. The number of ether oxygens (including phenoxy) is 1. The van der Waals surface area contributed by atoms with Crippen LogP contribution < -0.4 is 0 Å². The van der Waals surface area contributed by atoms with E-state index in [2.05, 4.69) is 46.0 Å². The van der Waals surface area contributed by atoms with Crippen LogP contribution in [0.25, 0.3) is 0 Å². The number of hydrogen-bond acceptors (Lipinski definition) is 5. The number of aryl methyl sites for hydroxylation is 1. The molecule has 0 aromatic carbocycles. The van der Waals surface area contributed by atoms with Gasteiger partial charge < -0.3 is 4.74 Å². The lowest BCUT2D eigenvalue weighted by atomic mass is 9.90. The van der Waals surface area contributed by atoms with E-state index in [-0.39, 0.29) is 5.60 Å². The summed E-state index contributed by atoms with van der Waals surface area (Å²) in [4.78, 5) is 12.5. The van der Waals surface area contributed by atoms with Crippen LogP contribution in [0.5, 0.6) is 0 Å². The number of rotatable bonds is 4. The molecule has 0 N–H and O–H groups in total. The topological polar surface area (TPSA) is 28.6 Å². The van der Waals surface area contributed by atoms with Gasteiger partial charge in [0.25, 0.3) is 0 Å². The van der Waals surface area contributed by atoms with Crippen molar-refractivity contribution in [2.45, 2.75) is 38.5 Å². The van der Waals surface area contributed by atoms with Gasteiger partial charge in [0.2, 0.25) is 0 Å². The zero-order valence-electron chi connectivity index (χ0n) is 15.0. The van der Waals surface area contributed by atoms with Crippen LogP contribution >= 0.6 is 11.3 Å². The third-order valence-electron chi connectivity index (χ3n) is 5.23. The van der Waals surface area contributed by atoms with Crippen LogP contribution in [0.3, 0.4) is 0 Å². The van der Waals surface area contributed by atoms with Crippen molar-refractivity contribution < 1.29 is 4.74 Å².